The minimum Gasteiger partial charge on any atom is -0.463 e. The van der Waals surface area contributed by atoms with Crippen molar-refractivity contribution in [1.82, 2.24) is 20.0 Å². The number of ether oxygens (including phenoxy) is 3. The molecule has 3 heterocycles. The Labute approximate surface area is 225 Å². The van der Waals surface area contributed by atoms with Gasteiger partial charge in [0.2, 0.25) is 0 Å². The van der Waals surface area contributed by atoms with Gasteiger partial charge < -0.3 is 14.2 Å². The summed E-state index contributed by atoms with van der Waals surface area (Å²) in [4.78, 5) is 28.4. The fourth-order valence-corrected chi connectivity index (χ4v) is 5.26. The minimum atomic E-state index is -1.61. The van der Waals surface area contributed by atoms with Crippen LogP contribution in [0.25, 0.3) is 11.3 Å². The van der Waals surface area contributed by atoms with E-state index in [9.17, 15) is 22.8 Å². The average Bonchev–Trinajstić information content (AvgIpc) is 3.37. The van der Waals surface area contributed by atoms with E-state index in [1.54, 1.807) is 12.1 Å². The molecule has 10 nitrogen and oxygen atoms in total. The second-order valence-corrected chi connectivity index (χ2v) is 9.89. The average molecular weight is 562 g/mol. The molecule has 0 saturated carbocycles. The lowest BCUT2D eigenvalue weighted by atomic mass is 9.90. The van der Waals surface area contributed by atoms with Gasteiger partial charge in [-0.2, -0.15) is 5.26 Å². The molecule has 4 rings (SSSR count). The number of nitriles is 1. The second kappa shape index (κ2) is 11.8. The van der Waals surface area contributed by atoms with Crippen LogP contribution >= 0.6 is 11.8 Å². The monoisotopic (exact) mass is 561 g/mol. The van der Waals surface area contributed by atoms with Gasteiger partial charge in [0.25, 0.3) is 0 Å². The van der Waals surface area contributed by atoms with Gasteiger partial charge >= 0.3 is 11.9 Å². The molecule has 0 N–H and O–H groups in total. The third-order valence-corrected chi connectivity index (χ3v) is 7.22. The summed E-state index contributed by atoms with van der Waals surface area (Å²) in [7, 11) is 0. The Hall–Kier alpha value is -3.96. The molecular weight excluding hydrogens is 539 g/mol. The SMILES string of the molecule is CC(=O)OCC1O[C@H](Sc2ccc(C#N)nc2)C(C)[C@@H](n2cc(-c3cc(F)c(F)c(F)c3)nn2)[C@H]1OC(C)=O. The number of thioether (sulfide) groups is 1. The normalized spacial score (nSPS) is 22.6. The zero-order valence-corrected chi connectivity index (χ0v) is 21.7. The van der Waals surface area contributed by atoms with E-state index in [0.717, 1.165) is 12.1 Å². The Bertz CT molecular complexity index is 1390. The van der Waals surface area contributed by atoms with E-state index in [4.69, 9.17) is 19.5 Å². The number of benzene rings is 1. The van der Waals surface area contributed by atoms with Crippen molar-refractivity contribution >= 4 is 23.7 Å². The molecule has 14 heteroatoms. The van der Waals surface area contributed by atoms with E-state index >= 15 is 0 Å². The smallest absolute Gasteiger partial charge is 0.303 e. The summed E-state index contributed by atoms with van der Waals surface area (Å²) in [6.07, 6.45) is 0.988. The number of aromatic nitrogens is 4. The molecule has 1 aliphatic rings. The molecule has 0 amide bonds. The fourth-order valence-electron chi connectivity index (χ4n) is 4.16. The molecular formula is C25H22F3N5O5S. The predicted octanol–water partition coefficient (Wildman–Crippen LogP) is 3.82. The van der Waals surface area contributed by atoms with Gasteiger partial charge in [0, 0.05) is 36.4 Å². The molecule has 1 aliphatic heterocycles. The lowest BCUT2D eigenvalue weighted by Crippen LogP contribution is -2.53. The molecule has 3 aromatic rings. The maximum Gasteiger partial charge on any atom is 0.303 e. The molecule has 1 aromatic carbocycles. The summed E-state index contributed by atoms with van der Waals surface area (Å²) in [6.45, 7) is 4.01. The largest absolute Gasteiger partial charge is 0.463 e. The summed E-state index contributed by atoms with van der Waals surface area (Å²) in [5.41, 5.74) is -0.371. The van der Waals surface area contributed by atoms with E-state index in [1.165, 1.54) is 42.7 Å². The number of pyridine rings is 1. The van der Waals surface area contributed by atoms with E-state index in [0.29, 0.717) is 4.90 Å². The molecule has 1 saturated heterocycles. The molecule has 0 aliphatic carbocycles. The Kier molecular flexibility index (Phi) is 8.51. The third-order valence-electron chi connectivity index (χ3n) is 5.93. The van der Waals surface area contributed by atoms with Crippen LogP contribution in [-0.2, 0) is 23.8 Å². The first-order valence-corrected chi connectivity index (χ1v) is 12.5. The van der Waals surface area contributed by atoms with Gasteiger partial charge in [-0.3, -0.25) is 9.59 Å². The maximum absolute atomic E-state index is 13.9. The van der Waals surface area contributed by atoms with Crippen LogP contribution in [0.4, 0.5) is 13.2 Å². The summed E-state index contributed by atoms with van der Waals surface area (Å²) < 4.78 is 59.5. The number of carbonyl (C=O) groups is 2. The highest BCUT2D eigenvalue weighted by atomic mass is 32.2. The molecule has 0 bridgehead atoms. The van der Waals surface area contributed by atoms with Gasteiger partial charge in [-0.15, -0.1) is 5.10 Å². The molecule has 1 fully saturated rings. The van der Waals surface area contributed by atoms with Crippen LogP contribution in [0.3, 0.4) is 0 Å². The molecule has 0 spiro atoms. The van der Waals surface area contributed by atoms with Crippen molar-refractivity contribution in [2.75, 3.05) is 6.61 Å². The summed E-state index contributed by atoms with van der Waals surface area (Å²) in [5.74, 6) is -6.00. The molecule has 0 radical (unpaired) electrons. The van der Waals surface area contributed by atoms with Crippen LogP contribution < -0.4 is 0 Å². The third kappa shape index (κ3) is 6.37. The van der Waals surface area contributed by atoms with Crippen molar-refractivity contribution in [3.05, 3.63) is 59.8 Å². The van der Waals surface area contributed by atoms with Crippen molar-refractivity contribution in [3.63, 3.8) is 0 Å². The second-order valence-electron chi connectivity index (χ2n) is 8.72. The van der Waals surface area contributed by atoms with E-state index in [-0.39, 0.29) is 23.6 Å². The van der Waals surface area contributed by atoms with E-state index in [2.05, 4.69) is 15.3 Å². The Morgan fingerprint density at radius 1 is 1.18 bits per heavy atom. The molecule has 204 valence electrons. The number of carbonyl (C=O) groups excluding carboxylic acids is 2. The van der Waals surface area contributed by atoms with Crippen LogP contribution in [-0.4, -0.2) is 56.2 Å². The van der Waals surface area contributed by atoms with Crippen LogP contribution in [0.15, 0.2) is 41.6 Å². The lowest BCUT2D eigenvalue weighted by Gasteiger charge is -2.44. The van der Waals surface area contributed by atoms with Crippen LogP contribution in [0, 0.1) is 34.7 Å². The fraction of sp³-hybridized carbons (Fsp3) is 0.360. The number of esters is 2. The number of rotatable bonds is 7. The number of nitrogens with zero attached hydrogens (tertiary/aromatic N) is 5. The molecule has 39 heavy (non-hydrogen) atoms. The highest BCUT2D eigenvalue weighted by Gasteiger charge is 2.48. The predicted molar refractivity (Wildman–Crippen MR) is 129 cm³/mol. The Morgan fingerprint density at radius 3 is 2.49 bits per heavy atom. The number of hydrogen-bond donors (Lipinski definition) is 0. The Balaban J connectivity index is 1.72. The van der Waals surface area contributed by atoms with E-state index in [1.807, 2.05) is 13.0 Å². The van der Waals surface area contributed by atoms with Gasteiger partial charge in [-0.05, 0) is 24.3 Å². The van der Waals surface area contributed by atoms with Crippen LogP contribution in [0.5, 0.6) is 0 Å². The first-order chi connectivity index (χ1) is 18.6. The molecule has 5 atom stereocenters. The number of hydrogen-bond acceptors (Lipinski definition) is 10. The van der Waals surface area contributed by atoms with Crippen LogP contribution in [0.1, 0.15) is 32.5 Å². The van der Waals surface area contributed by atoms with Crippen molar-refractivity contribution in [2.45, 2.75) is 49.4 Å². The summed E-state index contributed by atoms with van der Waals surface area (Å²) in [5, 5.41) is 17.1. The standard InChI is InChI=1S/C25H22F3N5O5S/c1-12-23(33-10-20(31-32-33)15-6-18(26)22(28)19(27)7-15)24(37-14(3)35)21(11-36-13(2)34)38-25(12)39-17-5-4-16(8-29)30-9-17/h4-7,9-10,12,21,23-25H,11H2,1-3H3/t12?,21?,23-,24+,25-/m1/s1. The maximum atomic E-state index is 13.9. The van der Waals surface area contributed by atoms with Crippen molar-refractivity contribution in [1.29, 1.82) is 5.26 Å². The zero-order valence-electron chi connectivity index (χ0n) is 20.9. The molecule has 2 aromatic heterocycles. The van der Waals surface area contributed by atoms with Crippen molar-refractivity contribution in [3.8, 4) is 17.3 Å². The van der Waals surface area contributed by atoms with Crippen LogP contribution in [0.2, 0.25) is 0 Å². The highest BCUT2D eigenvalue weighted by Crippen LogP contribution is 2.43. The summed E-state index contributed by atoms with van der Waals surface area (Å²) in [6, 6.07) is 6.05. The van der Waals surface area contributed by atoms with Gasteiger partial charge in [0.1, 0.15) is 35.6 Å². The van der Waals surface area contributed by atoms with Crippen molar-refractivity contribution < 1.29 is 37.0 Å². The molecule has 2 unspecified atom stereocenters. The van der Waals surface area contributed by atoms with E-state index < -0.39 is 59.0 Å². The summed E-state index contributed by atoms with van der Waals surface area (Å²) >= 11 is 1.28. The minimum absolute atomic E-state index is 0.0464. The first-order valence-electron chi connectivity index (χ1n) is 11.6. The quantitative estimate of drug-likeness (QED) is 0.310. The van der Waals surface area contributed by atoms with Gasteiger partial charge in [-0.25, -0.2) is 22.8 Å². The van der Waals surface area contributed by atoms with Gasteiger partial charge in [0.15, 0.2) is 23.6 Å². The van der Waals surface area contributed by atoms with Crippen molar-refractivity contribution in [2.24, 2.45) is 5.92 Å². The van der Waals surface area contributed by atoms with Gasteiger partial charge in [0.05, 0.1) is 12.2 Å². The Morgan fingerprint density at radius 2 is 1.90 bits per heavy atom. The highest BCUT2D eigenvalue weighted by molar-refractivity contribution is 7.99. The lowest BCUT2D eigenvalue weighted by molar-refractivity contribution is -0.191. The van der Waals surface area contributed by atoms with Gasteiger partial charge in [-0.1, -0.05) is 23.9 Å². The number of halogens is 3. The zero-order chi connectivity index (χ0) is 28.3. The topological polar surface area (TPSA) is 129 Å². The first kappa shape index (κ1) is 28.1.